The van der Waals surface area contributed by atoms with E-state index in [1.54, 1.807) is 35.1 Å². The predicted molar refractivity (Wildman–Crippen MR) is 118 cm³/mol. The zero-order chi connectivity index (χ0) is 22.2. The van der Waals surface area contributed by atoms with E-state index in [0.29, 0.717) is 29.2 Å². The summed E-state index contributed by atoms with van der Waals surface area (Å²) in [5.41, 5.74) is 11.5. The van der Waals surface area contributed by atoms with E-state index in [1.807, 2.05) is 19.2 Å². The number of nitrogens with zero attached hydrogens (tertiary/aromatic N) is 6. The zero-order valence-electron chi connectivity index (χ0n) is 17.0. The topological polar surface area (TPSA) is 122 Å². The predicted octanol–water partition coefficient (Wildman–Crippen LogP) is 3.83. The Bertz CT molecular complexity index is 1510. The normalized spacial score (nSPS) is 11.0. The second kappa shape index (κ2) is 7.59. The van der Waals surface area contributed by atoms with Crippen LogP contribution in [0.3, 0.4) is 0 Å². The van der Waals surface area contributed by atoms with Crippen LogP contribution < -0.4 is 5.73 Å². The fourth-order valence-electron chi connectivity index (χ4n) is 3.72. The van der Waals surface area contributed by atoms with Gasteiger partial charge in [-0.1, -0.05) is 17.3 Å². The summed E-state index contributed by atoms with van der Waals surface area (Å²) in [7, 11) is 0. The Morgan fingerprint density at radius 1 is 1.12 bits per heavy atom. The van der Waals surface area contributed by atoms with Crippen LogP contribution in [0.4, 0.5) is 10.3 Å². The molecule has 2 aromatic carbocycles. The lowest BCUT2D eigenvalue weighted by Crippen LogP contribution is -2.00. The minimum atomic E-state index is -0.294. The van der Waals surface area contributed by atoms with Gasteiger partial charge in [-0.3, -0.25) is 0 Å². The summed E-state index contributed by atoms with van der Waals surface area (Å²) in [6, 6.07) is 14.0. The molecule has 5 rings (SSSR count). The lowest BCUT2D eigenvalue weighted by atomic mass is 10.00. The van der Waals surface area contributed by atoms with Gasteiger partial charge in [0.25, 0.3) is 0 Å². The van der Waals surface area contributed by atoms with Crippen molar-refractivity contribution in [3.05, 3.63) is 77.4 Å². The van der Waals surface area contributed by atoms with Gasteiger partial charge >= 0.3 is 0 Å². The maximum atomic E-state index is 13.7. The summed E-state index contributed by atoms with van der Waals surface area (Å²) >= 11 is 0. The number of H-pyrrole nitrogens is 1. The van der Waals surface area contributed by atoms with Gasteiger partial charge in [0.15, 0.2) is 0 Å². The number of aromatic amines is 1. The highest BCUT2D eigenvalue weighted by molar-refractivity contribution is 5.83. The minimum Gasteiger partial charge on any atom is -0.368 e. The highest BCUT2D eigenvalue weighted by atomic mass is 19.1. The van der Waals surface area contributed by atoms with Crippen LogP contribution >= 0.6 is 0 Å². The molecule has 3 heterocycles. The maximum Gasteiger partial charge on any atom is 0.221 e. The molecule has 0 radical (unpaired) electrons. The molecule has 156 valence electrons. The Kier molecular flexibility index (Phi) is 4.60. The quantitative estimate of drug-likeness (QED) is 0.452. The van der Waals surface area contributed by atoms with Gasteiger partial charge in [0, 0.05) is 22.7 Å². The monoisotopic (exact) mass is 424 g/mol. The van der Waals surface area contributed by atoms with Crippen molar-refractivity contribution in [1.82, 2.24) is 29.9 Å². The standard InChI is InChI=1S/C23H17FN8/c1-13-14(9-25)3-2-4-17(13)20-8-21(29-23(26)28-20)22-12-32(31-30-22)11-15-10-27-19-6-5-16(24)7-18(15)19/h2-8,10,12,27H,11H2,1H3,(H2,26,28,29). The molecular formula is C23H17FN8. The number of nitriles is 1. The number of nitrogens with one attached hydrogen (secondary N) is 1. The number of anilines is 1. The van der Waals surface area contributed by atoms with Crippen molar-refractivity contribution in [2.24, 2.45) is 0 Å². The third-order valence-electron chi connectivity index (χ3n) is 5.34. The second-order valence-corrected chi connectivity index (χ2v) is 7.39. The lowest BCUT2D eigenvalue weighted by molar-refractivity contribution is 0.628. The van der Waals surface area contributed by atoms with Gasteiger partial charge in [0.2, 0.25) is 5.95 Å². The van der Waals surface area contributed by atoms with Crippen LogP contribution in [0.1, 0.15) is 16.7 Å². The molecule has 0 saturated carbocycles. The first-order chi connectivity index (χ1) is 15.5. The number of halogens is 1. The van der Waals surface area contributed by atoms with E-state index >= 15 is 0 Å². The highest BCUT2D eigenvalue weighted by Crippen LogP contribution is 2.28. The van der Waals surface area contributed by atoms with Crippen LogP contribution in [0.5, 0.6) is 0 Å². The Hall–Kier alpha value is -4.58. The van der Waals surface area contributed by atoms with E-state index in [2.05, 4.69) is 31.3 Å². The zero-order valence-corrected chi connectivity index (χ0v) is 17.0. The average Bonchev–Trinajstić information content (AvgIpc) is 3.41. The summed E-state index contributed by atoms with van der Waals surface area (Å²) in [5.74, 6) is -0.196. The summed E-state index contributed by atoms with van der Waals surface area (Å²) in [6.07, 6.45) is 3.58. The molecule has 8 nitrogen and oxygen atoms in total. The highest BCUT2D eigenvalue weighted by Gasteiger charge is 2.14. The van der Waals surface area contributed by atoms with Crippen molar-refractivity contribution >= 4 is 16.9 Å². The molecule has 5 aromatic rings. The molecule has 32 heavy (non-hydrogen) atoms. The Morgan fingerprint density at radius 2 is 1.97 bits per heavy atom. The van der Waals surface area contributed by atoms with Gasteiger partial charge in [0.05, 0.1) is 35.8 Å². The number of hydrogen-bond donors (Lipinski definition) is 2. The van der Waals surface area contributed by atoms with Crippen molar-refractivity contribution in [2.75, 3.05) is 5.73 Å². The summed E-state index contributed by atoms with van der Waals surface area (Å²) < 4.78 is 15.3. The summed E-state index contributed by atoms with van der Waals surface area (Å²) in [6.45, 7) is 2.28. The Morgan fingerprint density at radius 3 is 2.81 bits per heavy atom. The van der Waals surface area contributed by atoms with Crippen molar-refractivity contribution in [3.8, 4) is 28.7 Å². The van der Waals surface area contributed by atoms with Crippen molar-refractivity contribution in [3.63, 3.8) is 0 Å². The van der Waals surface area contributed by atoms with Crippen LogP contribution in [0.15, 0.2) is 54.9 Å². The molecule has 0 spiro atoms. The van der Waals surface area contributed by atoms with Gasteiger partial charge in [-0.25, -0.2) is 19.0 Å². The molecule has 0 fully saturated rings. The lowest BCUT2D eigenvalue weighted by Gasteiger charge is -2.08. The molecule has 0 bridgehead atoms. The molecule has 0 atom stereocenters. The van der Waals surface area contributed by atoms with E-state index in [9.17, 15) is 9.65 Å². The Labute approximate surface area is 182 Å². The van der Waals surface area contributed by atoms with Crippen molar-refractivity contribution in [1.29, 1.82) is 5.26 Å². The second-order valence-electron chi connectivity index (χ2n) is 7.39. The minimum absolute atomic E-state index is 0.0981. The molecular weight excluding hydrogens is 407 g/mol. The third-order valence-corrected chi connectivity index (χ3v) is 5.34. The van der Waals surface area contributed by atoms with Crippen LogP contribution in [0, 0.1) is 24.1 Å². The molecule has 0 saturated heterocycles. The first-order valence-electron chi connectivity index (χ1n) is 9.82. The van der Waals surface area contributed by atoms with Crippen LogP contribution in [-0.4, -0.2) is 29.9 Å². The Balaban J connectivity index is 1.49. The van der Waals surface area contributed by atoms with E-state index < -0.39 is 0 Å². The molecule has 0 amide bonds. The molecule has 0 aliphatic rings. The fourth-order valence-corrected chi connectivity index (χ4v) is 3.72. The molecule has 3 N–H and O–H groups in total. The molecule has 0 aliphatic heterocycles. The largest absolute Gasteiger partial charge is 0.368 e. The average molecular weight is 424 g/mol. The number of benzene rings is 2. The van der Waals surface area contributed by atoms with Crippen LogP contribution in [-0.2, 0) is 6.54 Å². The maximum absolute atomic E-state index is 13.7. The number of nitrogen functional groups attached to an aromatic ring is 1. The summed E-state index contributed by atoms with van der Waals surface area (Å²) in [5, 5.41) is 18.5. The molecule has 0 aliphatic carbocycles. The van der Waals surface area contributed by atoms with E-state index in [-0.39, 0.29) is 11.8 Å². The van der Waals surface area contributed by atoms with E-state index in [4.69, 9.17) is 5.73 Å². The van der Waals surface area contributed by atoms with Crippen molar-refractivity contribution < 1.29 is 4.39 Å². The first-order valence-corrected chi connectivity index (χ1v) is 9.82. The fraction of sp³-hybridized carbons (Fsp3) is 0.0870. The number of hydrogen-bond acceptors (Lipinski definition) is 6. The molecule has 9 heteroatoms. The molecule has 0 unspecified atom stereocenters. The van der Waals surface area contributed by atoms with Gasteiger partial charge in [-0.05, 0) is 48.4 Å². The van der Waals surface area contributed by atoms with Gasteiger partial charge in [-0.2, -0.15) is 5.26 Å². The SMILES string of the molecule is Cc1c(C#N)cccc1-c1cc(-c2cn(Cc3c[nH]c4ccc(F)cc34)nn2)nc(N)n1. The van der Waals surface area contributed by atoms with Gasteiger partial charge < -0.3 is 10.7 Å². The van der Waals surface area contributed by atoms with E-state index in [1.165, 1.54) is 12.1 Å². The van der Waals surface area contributed by atoms with Gasteiger partial charge in [-0.15, -0.1) is 5.10 Å². The van der Waals surface area contributed by atoms with Crippen molar-refractivity contribution in [2.45, 2.75) is 13.5 Å². The van der Waals surface area contributed by atoms with E-state index in [0.717, 1.165) is 27.6 Å². The first kappa shape index (κ1) is 19.4. The number of aromatic nitrogens is 6. The smallest absolute Gasteiger partial charge is 0.221 e. The van der Waals surface area contributed by atoms with Crippen LogP contribution in [0.25, 0.3) is 33.5 Å². The van der Waals surface area contributed by atoms with Crippen LogP contribution in [0.2, 0.25) is 0 Å². The number of nitrogens with two attached hydrogens (primary N) is 1. The molecule has 3 aromatic heterocycles. The summed E-state index contributed by atoms with van der Waals surface area (Å²) in [4.78, 5) is 11.8. The number of fused-ring (bicyclic) bond motifs is 1. The van der Waals surface area contributed by atoms with Gasteiger partial charge in [0.1, 0.15) is 11.5 Å². The number of rotatable bonds is 4. The third kappa shape index (κ3) is 3.44.